The highest BCUT2D eigenvalue weighted by Gasteiger charge is 2.35. The molecular weight excluding hydrogens is 384 g/mol. The van der Waals surface area contributed by atoms with Crippen molar-refractivity contribution >= 4 is 23.5 Å². The van der Waals surface area contributed by atoms with Crippen molar-refractivity contribution in [3.63, 3.8) is 0 Å². The molecule has 0 spiro atoms. The average molecular weight is 413 g/mol. The highest BCUT2D eigenvalue weighted by molar-refractivity contribution is 6.30. The van der Waals surface area contributed by atoms with Crippen molar-refractivity contribution in [1.82, 2.24) is 14.9 Å². The molecule has 1 unspecified atom stereocenters. The van der Waals surface area contributed by atoms with Crippen LogP contribution in [0.15, 0.2) is 30.5 Å². The molecule has 1 atom stereocenters. The zero-order valence-electron chi connectivity index (χ0n) is 17.3. The number of aromatic nitrogens is 2. The molecule has 4 rings (SSSR count). The Kier molecular flexibility index (Phi) is 6.04. The number of likely N-dealkylation sites (tertiary alicyclic amines) is 1. The Morgan fingerprint density at radius 2 is 1.90 bits per heavy atom. The molecule has 6 heteroatoms. The highest BCUT2D eigenvalue weighted by atomic mass is 35.5. The predicted molar refractivity (Wildman–Crippen MR) is 117 cm³/mol. The lowest BCUT2D eigenvalue weighted by Crippen LogP contribution is -2.42. The molecule has 29 heavy (non-hydrogen) atoms. The summed E-state index contributed by atoms with van der Waals surface area (Å²) in [5.74, 6) is 1.17. The van der Waals surface area contributed by atoms with Gasteiger partial charge in [-0.05, 0) is 49.8 Å². The summed E-state index contributed by atoms with van der Waals surface area (Å²) < 4.78 is 0. The van der Waals surface area contributed by atoms with Gasteiger partial charge in [-0.15, -0.1) is 0 Å². The Balaban J connectivity index is 1.77. The number of rotatable bonds is 4. The standard InChI is InChI=1S/C23H29ClN4O/c1-27(2)23-25-15-19(17-10-7-11-18(24)14-17)21(26-23)20-12-5-6-13-28(20)22(29)16-8-3-4-9-16/h7,10-11,14-16,20H,3-6,8-9,12-13H2,1-2H3. The summed E-state index contributed by atoms with van der Waals surface area (Å²) in [5, 5.41) is 0.688. The van der Waals surface area contributed by atoms with Gasteiger partial charge in [-0.25, -0.2) is 9.97 Å². The number of carbonyl (C=O) groups is 1. The molecule has 0 N–H and O–H groups in total. The van der Waals surface area contributed by atoms with Crippen LogP contribution in [0.4, 0.5) is 5.95 Å². The number of halogens is 1. The lowest BCUT2D eigenvalue weighted by atomic mass is 9.92. The molecule has 2 fully saturated rings. The third kappa shape index (κ3) is 4.25. The Hall–Kier alpha value is -2.14. The van der Waals surface area contributed by atoms with Gasteiger partial charge in [0.1, 0.15) is 0 Å². The summed E-state index contributed by atoms with van der Waals surface area (Å²) in [4.78, 5) is 26.9. The molecule has 1 amide bonds. The average Bonchev–Trinajstić information content (AvgIpc) is 3.27. The molecule has 1 saturated heterocycles. The van der Waals surface area contributed by atoms with Gasteiger partial charge in [0.15, 0.2) is 0 Å². The third-order valence-electron chi connectivity index (χ3n) is 6.15. The van der Waals surface area contributed by atoms with Gasteiger partial charge in [0, 0.05) is 43.3 Å². The molecule has 1 aromatic carbocycles. The minimum Gasteiger partial charge on any atom is -0.347 e. The second-order valence-corrected chi connectivity index (χ2v) is 8.83. The van der Waals surface area contributed by atoms with Crippen LogP contribution in [0.3, 0.4) is 0 Å². The first-order valence-electron chi connectivity index (χ1n) is 10.7. The first-order valence-corrected chi connectivity index (χ1v) is 11.0. The van der Waals surface area contributed by atoms with E-state index in [4.69, 9.17) is 16.6 Å². The van der Waals surface area contributed by atoms with Crippen molar-refractivity contribution in [3.05, 3.63) is 41.2 Å². The van der Waals surface area contributed by atoms with E-state index in [0.29, 0.717) is 16.9 Å². The van der Waals surface area contributed by atoms with Crippen LogP contribution in [0.25, 0.3) is 11.1 Å². The van der Waals surface area contributed by atoms with Gasteiger partial charge in [-0.3, -0.25) is 4.79 Å². The van der Waals surface area contributed by atoms with Crippen LogP contribution in [0.2, 0.25) is 5.02 Å². The Bertz CT molecular complexity index is 879. The number of piperidine rings is 1. The van der Waals surface area contributed by atoms with E-state index >= 15 is 0 Å². The quantitative estimate of drug-likeness (QED) is 0.700. The fourth-order valence-electron chi connectivity index (χ4n) is 4.62. The second kappa shape index (κ2) is 8.70. The van der Waals surface area contributed by atoms with E-state index in [1.54, 1.807) is 0 Å². The van der Waals surface area contributed by atoms with E-state index in [9.17, 15) is 4.79 Å². The van der Waals surface area contributed by atoms with Crippen molar-refractivity contribution < 1.29 is 4.79 Å². The maximum absolute atomic E-state index is 13.4. The van der Waals surface area contributed by atoms with Crippen molar-refractivity contribution in [3.8, 4) is 11.1 Å². The van der Waals surface area contributed by atoms with Gasteiger partial charge in [0.2, 0.25) is 11.9 Å². The van der Waals surface area contributed by atoms with Gasteiger partial charge < -0.3 is 9.80 Å². The Morgan fingerprint density at radius 3 is 2.62 bits per heavy atom. The summed E-state index contributed by atoms with van der Waals surface area (Å²) in [7, 11) is 3.89. The van der Waals surface area contributed by atoms with Crippen molar-refractivity contribution in [1.29, 1.82) is 0 Å². The van der Waals surface area contributed by atoms with E-state index in [2.05, 4.69) is 9.88 Å². The molecular formula is C23H29ClN4O. The Morgan fingerprint density at radius 1 is 1.14 bits per heavy atom. The SMILES string of the molecule is CN(C)c1ncc(-c2cccc(Cl)c2)c(C2CCCCN2C(=O)C2CCCC2)n1. The second-order valence-electron chi connectivity index (χ2n) is 8.40. The molecule has 1 aromatic heterocycles. The minimum absolute atomic E-state index is 0.00692. The number of benzene rings is 1. The number of carbonyl (C=O) groups excluding carboxylic acids is 1. The van der Waals surface area contributed by atoms with E-state index < -0.39 is 0 Å². The predicted octanol–water partition coefficient (Wildman–Crippen LogP) is 5.11. The van der Waals surface area contributed by atoms with Crippen LogP contribution < -0.4 is 4.90 Å². The van der Waals surface area contributed by atoms with Crippen LogP contribution in [-0.2, 0) is 4.79 Å². The summed E-state index contributed by atoms with van der Waals surface area (Å²) in [6.07, 6.45) is 9.38. The minimum atomic E-state index is -0.00692. The number of anilines is 1. The molecule has 1 aliphatic heterocycles. The first-order chi connectivity index (χ1) is 14.0. The number of hydrogen-bond acceptors (Lipinski definition) is 4. The van der Waals surface area contributed by atoms with E-state index in [1.807, 2.05) is 49.5 Å². The molecule has 2 aromatic rings. The lowest BCUT2D eigenvalue weighted by molar-refractivity contribution is -0.139. The highest BCUT2D eigenvalue weighted by Crippen LogP contribution is 2.39. The normalized spacial score (nSPS) is 20.1. The number of amides is 1. The first kappa shape index (κ1) is 20.1. The summed E-state index contributed by atoms with van der Waals surface area (Å²) in [6, 6.07) is 7.80. The fraction of sp³-hybridized carbons (Fsp3) is 0.522. The zero-order valence-corrected chi connectivity index (χ0v) is 18.0. The lowest BCUT2D eigenvalue weighted by Gasteiger charge is -2.38. The van der Waals surface area contributed by atoms with Crippen LogP contribution >= 0.6 is 11.6 Å². The number of nitrogens with zero attached hydrogens (tertiary/aromatic N) is 4. The van der Waals surface area contributed by atoms with Crippen molar-refractivity contribution in [2.75, 3.05) is 25.5 Å². The maximum atomic E-state index is 13.4. The van der Waals surface area contributed by atoms with Gasteiger partial charge in [0.05, 0.1) is 11.7 Å². The topological polar surface area (TPSA) is 49.3 Å². The van der Waals surface area contributed by atoms with Gasteiger partial charge in [0.25, 0.3) is 0 Å². The monoisotopic (exact) mass is 412 g/mol. The molecule has 5 nitrogen and oxygen atoms in total. The van der Waals surface area contributed by atoms with E-state index in [-0.39, 0.29) is 12.0 Å². The smallest absolute Gasteiger partial charge is 0.226 e. The maximum Gasteiger partial charge on any atom is 0.226 e. The Labute approximate surface area is 178 Å². The largest absolute Gasteiger partial charge is 0.347 e. The molecule has 1 saturated carbocycles. The van der Waals surface area contributed by atoms with Crippen LogP contribution in [0, 0.1) is 5.92 Å². The summed E-state index contributed by atoms with van der Waals surface area (Å²) in [5.41, 5.74) is 2.91. The van der Waals surface area contributed by atoms with Gasteiger partial charge in [-0.2, -0.15) is 0 Å². The summed E-state index contributed by atoms with van der Waals surface area (Å²) in [6.45, 7) is 0.816. The molecule has 2 aliphatic rings. The van der Waals surface area contributed by atoms with E-state index in [1.165, 1.54) is 12.8 Å². The molecule has 0 radical (unpaired) electrons. The fourth-order valence-corrected chi connectivity index (χ4v) is 4.81. The van der Waals surface area contributed by atoms with E-state index in [0.717, 1.165) is 55.5 Å². The third-order valence-corrected chi connectivity index (χ3v) is 6.38. The molecule has 154 valence electrons. The van der Waals surface area contributed by atoms with Crippen LogP contribution in [-0.4, -0.2) is 41.4 Å². The van der Waals surface area contributed by atoms with Crippen LogP contribution in [0.5, 0.6) is 0 Å². The van der Waals surface area contributed by atoms with Gasteiger partial charge in [-0.1, -0.05) is 36.6 Å². The van der Waals surface area contributed by atoms with Crippen molar-refractivity contribution in [2.45, 2.75) is 51.0 Å². The molecule has 0 bridgehead atoms. The van der Waals surface area contributed by atoms with Gasteiger partial charge >= 0.3 is 0 Å². The molecule has 1 aliphatic carbocycles. The summed E-state index contributed by atoms with van der Waals surface area (Å²) >= 11 is 6.27. The van der Waals surface area contributed by atoms with Crippen LogP contribution in [0.1, 0.15) is 56.7 Å². The zero-order chi connectivity index (χ0) is 20.4. The number of hydrogen-bond donors (Lipinski definition) is 0. The molecule has 2 heterocycles. The van der Waals surface area contributed by atoms with Crippen molar-refractivity contribution in [2.24, 2.45) is 5.92 Å².